The van der Waals surface area contributed by atoms with Crippen LogP contribution in [0.3, 0.4) is 0 Å². The topological polar surface area (TPSA) is 56.5 Å². The van der Waals surface area contributed by atoms with Crippen LogP contribution in [0.1, 0.15) is 30.8 Å². The molecule has 3 rings (SSSR count). The minimum Gasteiger partial charge on any atom is -0.464 e. The van der Waals surface area contributed by atoms with Crippen LogP contribution >= 0.6 is 0 Å². The average molecular weight is 331 g/mol. The molecule has 6 heteroatoms. The Labute approximate surface area is 142 Å². The number of aromatic nitrogens is 2. The molecule has 1 amide bonds. The second-order valence-electron chi connectivity index (χ2n) is 7.05. The summed E-state index contributed by atoms with van der Waals surface area (Å²) >= 11 is 0. The molecular formula is C18H25N3O3. The maximum Gasteiger partial charge on any atom is 0.354 e. The fourth-order valence-electron chi connectivity index (χ4n) is 3.82. The molecule has 130 valence electrons. The molecule has 2 aromatic heterocycles. The highest BCUT2D eigenvalue weighted by molar-refractivity contribution is 5.96. The van der Waals surface area contributed by atoms with Crippen molar-refractivity contribution in [2.75, 3.05) is 20.2 Å². The number of carbonyl (C=O) groups excluding carboxylic acids is 2. The van der Waals surface area contributed by atoms with E-state index in [9.17, 15) is 9.59 Å². The van der Waals surface area contributed by atoms with Crippen LogP contribution < -0.4 is 0 Å². The average Bonchev–Trinajstić information content (AvgIpc) is 3.06. The molecule has 2 aromatic rings. The second kappa shape index (κ2) is 6.34. The Morgan fingerprint density at radius 1 is 1.21 bits per heavy atom. The quantitative estimate of drug-likeness (QED) is 0.811. The van der Waals surface area contributed by atoms with Crippen molar-refractivity contribution in [1.82, 2.24) is 14.0 Å². The minimum absolute atomic E-state index is 0.0555. The third-order valence-corrected chi connectivity index (χ3v) is 4.86. The molecule has 0 bridgehead atoms. The molecule has 24 heavy (non-hydrogen) atoms. The minimum atomic E-state index is -0.417. The standard InChI is InChI=1S/C18H25N3O3/c1-12-7-13(2)10-20(9-12)17(22)11-21-14-5-6-19(3)15(14)8-16(21)18(23)24-4/h5-6,8,12-13H,7,9-11H2,1-4H3. The van der Waals surface area contributed by atoms with Crippen molar-refractivity contribution >= 4 is 22.9 Å². The van der Waals surface area contributed by atoms with Gasteiger partial charge in [0.05, 0.1) is 18.1 Å². The molecule has 2 atom stereocenters. The van der Waals surface area contributed by atoms with E-state index in [0.29, 0.717) is 17.5 Å². The van der Waals surface area contributed by atoms with E-state index < -0.39 is 5.97 Å². The third-order valence-electron chi connectivity index (χ3n) is 4.86. The number of piperidine rings is 1. The number of aryl methyl sites for hydroxylation is 1. The summed E-state index contributed by atoms with van der Waals surface area (Å²) < 4.78 is 8.59. The molecule has 0 saturated carbocycles. The first-order valence-corrected chi connectivity index (χ1v) is 8.41. The summed E-state index contributed by atoms with van der Waals surface area (Å²) in [6.45, 7) is 6.10. The summed E-state index contributed by atoms with van der Waals surface area (Å²) in [5, 5.41) is 0. The first kappa shape index (κ1) is 16.6. The fourth-order valence-corrected chi connectivity index (χ4v) is 3.82. The van der Waals surface area contributed by atoms with Crippen molar-refractivity contribution in [3.05, 3.63) is 24.0 Å². The van der Waals surface area contributed by atoms with E-state index in [0.717, 1.165) is 30.5 Å². The summed E-state index contributed by atoms with van der Waals surface area (Å²) in [5.74, 6) is 0.664. The van der Waals surface area contributed by atoms with Crippen LogP contribution in [0.2, 0.25) is 0 Å². The summed E-state index contributed by atoms with van der Waals surface area (Å²) in [4.78, 5) is 26.8. The molecule has 0 spiro atoms. The van der Waals surface area contributed by atoms with Gasteiger partial charge < -0.3 is 18.8 Å². The van der Waals surface area contributed by atoms with Crippen LogP contribution in [0.15, 0.2) is 18.3 Å². The van der Waals surface area contributed by atoms with E-state index in [1.807, 2.05) is 28.8 Å². The van der Waals surface area contributed by atoms with Gasteiger partial charge in [0.25, 0.3) is 0 Å². The van der Waals surface area contributed by atoms with Gasteiger partial charge in [-0.3, -0.25) is 4.79 Å². The van der Waals surface area contributed by atoms with E-state index in [1.54, 1.807) is 10.6 Å². The van der Waals surface area contributed by atoms with E-state index in [-0.39, 0.29) is 12.5 Å². The first-order valence-electron chi connectivity index (χ1n) is 8.41. The lowest BCUT2D eigenvalue weighted by molar-refractivity contribution is -0.134. The molecule has 1 fully saturated rings. The Hall–Kier alpha value is -2.24. The summed E-state index contributed by atoms with van der Waals surface area (Å²) in [5.41, 5.74) is 2.22. The molecular weight excluding hydrogens is 306 g/mol. The number of nitrogens with zero attached hydrogens (tertiary/aromatic N) is 3. The monoisotopic (exact) mass is 331 g/mol. The zero-order valence-corrected chi connectivity index (χ0v) is 14.8. The normalized spacial score (nSPS) is 21.2. The number of ether oxygens (including phenoxy) is 1. The van der Waals surface area contributed by atoms with Gasteiger partial charge in [0.2, 0.25) is 5.91 Å². The van der Waals surface area contributed by atoms with Crippen LogP contribution in [-0.2, 0) is 23.1 Å². The summed E-state index contributed by atoms with van der Waals surface area (Å²) in [7, 11) is 3.28. The van der Waals surface area contributed by atoms with Gasteiger partial charge in [-0.1, -0.05) is 13.8 Å². The Morgan fingerprint density at radius 2 is 1.88 bits per heavy atom. The van der Waals surface area contributed by atoms with Crippen LogP contribution in [-0.4, -0.2) is 46.1 Å². The Balaban J connectivity index is 1.91. The largest absolute Gasteiger partial charge is 0.464 e. The van der Waals surface area contributed by atoms with Crippen LogP contribution in [0.4, 0.5) is 0 Å². The Bertz CT molecular complexity index is 764. The predicted molar refractivity (Wildman–Crippen MR) is 91.8 cm³/mol. The molecule has 1 aliphatic heterocycles. The summed E-state index contributed by atoms with van der Waals surface area (Å²) in [6.07, 6.45) is 3.08. The summed E-state index contributed by atoms with van der Waals surface area (Å²) in [6, 6.07) is 3.71. The Kier molecular flexibility index (Phi) is 4.39. The molecule has 3 heterocycles. The van der Waals surface area contributed by atoms with Gasteiger partial charge in [-0.05, 0) is 30.4 Å². The predicted octanol–water partition coefficient (Wildman–Crippen LogP) is 2.27. The maximum atomic E-state index is 12.8. The van der Waals surface area contributed by atoms with Crippen LogP contribution in [0.5, 0.6) is 0 Å². The molecule has 1 aliphatic rings. The van der Waals surface area contributed by atoms with Crippen molar-refractivity contribution in [2.24, 2.45) is 18.9 Å². The Morgan fingerprint density at radius 3 is 2.50 bits per heavy atom. The number of carbonyl (C=O) groups is 2. The number of rotatable bonds is 3. The van der Waals surface area contributed by atoms with Gasteiger partial charge in [0.1, 0.15) is 12.2 Å². The van der Waals surface area contributed by atoms with Crippen LogP contribution in [0.25, 0.3) is 11.0 Å². The number of methoxy groups -OCH3 is 1. The highest BCUT2D eigenvalue weighted by Gasteiger charge is 2.27. The molecule has 1 saturated heterocycles. The zero-order valence-electron chi connectivity index (χ0n) is 14.8. The highest BCUT2D eigenvalue weighted by Crippen LogP contribution is 2.24. The molecule has 6 nitrogen and oxygen atoms in total. The smallest absolute Gasteiger partial charge is 0.354 e. The first-order chi connectivity index (χ1) is 11.4. The fraction of sp³-hybridized carbons (Fsp3) is 0.556. The number of amides is 1. The number of hydrogen-bond donors (Lipinski definition) is 0. The lowest BCUT2D eigenvalue weighted by Gasteiger charge is -2.35. The van der Waals surface area contributed by atoms with Crippen LogP contribution in [0, 0.1) is 11.8 Å². The second-order valence-corrected chi connectivity index (χ2v) is 7.05. The molecule has 0 radical (unpaired) electrons. The van der Waals surface area contributed by atoms with Crippen molar-refractivity contribution in [1.29, 1.82) is 0 Å². The van der Waals surface area contributed by atoms with Gasteiger partial charge in [-0.15, -0.1) is 0 Å². The number of hydrogen-bond acceptors (Lipinski definition) is 3. The lowest BCUT2D eigenvalue weighted by Crippen LogP contribution is -2.44. The zero-order chi connectivity index (χ0) is 17.4. The number of esters is 1. The molecule has 0 aliphatic carbocycles. The van der Waals surface area contributed by atoms with E-state index in [4.69, 9.17) is 4.74 Å². The van der Waals surface area contributed by atoms with Gasteiger partial charge in [0.15, 0.2) is 0 Å². The lowest BCUT2D eigenvalue weighted by atomic mass is 9.92. The highest BCUT2D eigenvalue weighted by atomic mass is 16.5. The van der Waals surface area contributed by atoms with Gasteiger partial charge in [0, 0.05) is 26.3 Å². The number of fused-ring (bicyclic) bond motifs is 1. The SMILES string of the molecule is COC(=O)c1cc2c(ccn2C)n1CC(=O)N1CC(C)CC(C)C1. The number of likely N-dealkylation sites (tertiary alicyclic amines) is 1. The van der Waals surface area contributed by atoms with Gasteiger partial charge in [-0.2, -0.15) is 0 Å². The molecule has 0 N–H and O–H groups in total. The molecule has 0 aromatic carbocycles. The van der Waals surface area contributed by atoms with E-state index in [1.165, 1.54) is 7.11 Å². The van der Waals surface area contributed by atoms with Crippen molar-refractivity contribution in [2.45, 2.75) is 26.8 Å². The van der Waals surface area contributed by atoms with Crippen molar-refractivity contribution in [3.63, 3.8) is 0 Å². The van der Waals surface area contributed by atoms with Crippen molar-refractivity contribution in [3.8, 4) is 0 Å². The van der Waals surface area contributed by atoms with Gasteiger partial charge >= 0.3 is 5.97 Å². The molecule has 2 unspecified atom stereocenters. The maximum absolute atomic E-state index is 12.8. The third kappa shape index (κ3) is 2.92. The van der Waals surface area contributed by atoms with Gasteiger partial charge in [-0.25, -0.2) is 4.79 Å². The van der Waals surface area contributed by atoms with Crippen molar-refractivity contribution < 1.29 is 14.3 Å². The van der Waals surface area contributed by atoms with E-state index in [2.05, 4.69) is 13.8 Å². The van der Waals surface area contributed by atoms with E-state index >= 15 is 0 Å².